The van der Waals surface area contributed by atoms with Crippen molar-refractivity contribution in [3.05, 3.63) is 0 Å². The Morgan fingerprint density at radius 1 is 1.83 bits per heavy atom. The average molecular weight is 166 g/mol. The Morgan fingerprint density at radius 2 is 2.58 bits per heavy atom. The van der Waals surface area contributed by atoms with Gasteiger partial charge < -0.3 is 5.73 Å². The molecule has 0 bridgehead atoms. The highest BCUT2D eigenvalue weighted by Gasteiger charge is 2.22. The number of hydrazone groups is 1. The van der Waals surface area contributed by atoms with E-state index in [-0.39, 0.29) is 5.92 Å². The van der Waals surface area contributed by atoms with E-state index in [1.165, 1.54) is 0 Å². The van der Waals surface area contributed by atoms with Crippen molar-refractivity contribution >= 4 is 11.7 Å². The number of primary amides is 1. The summed E-state index contributed by atoms with van der Waals surface area (Å²) in [4.78, 5) is 10.3. The summed E-state index contributed by atoms with van der Waals surface area (Å²) >= 11 is 0. The number of amides is 2. The van der Waals surface area contributed by atoms with Gasteiger partial charge in [0.25, 0.3) is 0 Å². The molecular formula is C7H10N4O. The molecule has 1 atom stereocenters. The first-order chi connectivity index (χ1) is 5.74. The van der Waals surface area contributed by atoms with E-state index in [0.717, 1.165) is 25.0 Å². The van der Waals surface area contributed by atoms with Crippen LogP contribution in [0.25, 0.3) is 0 Å². The molecule has 1 aliphatic rings. The number of rotatable bonds is 1. The number of nitrogens with two attached hydrogens (primary N) is 1. The maximum absolute atomic E-state index is 10.3. The lowest BCUT2D eigenvalue weighted by molar-refractivity contribution is 0.249. The quantitative estimate of drug-likeness (QED) is 0.549. The van der Waals surface area contributed by atoms with E-state index >= 15 is 0 Å². The second kappa shape index (κ2) is 3.72. The van der Waals surface area contributed by atoms with Crippen LogP contribution >= 0.6 is 0 Å². The minimum Gasteiger partial charge on any atom is -0.350 e. The first-order valence-corrected chi connectivity index (χ1v) is 3.75. The molecule has 1 saturated carbocycles. The van der Waals surface area contributed by atoms with Crippen LogP contribution in [0.5, 0.6) is 0 Å². The predicted octanol–water partition coefficient (Wildman–Crippen LogP) is 0.334. The van der Waals surface area contributed by atoms with Crippen molar-refractivity contribution < 1.29 is 4.79 Å². The van der Waals surface area contributed by atoms with Crippen LogP contribution in [0.1, 0.15) is 19.3 Å². The third kappa shape index (κ3) is 1.95. The zero-order valence-corrected chi connectivity index (χ0v) is 6.58. The number of carbonyl (C=O) groups excluding carboxylic acids is 1. The smallest absolute Gasteiger partial charge is 0.332 e. The standard InChI is InChI=1S/C7H10N4O/c8-4-5-2-1-3-6(5)10-11-7(9)12/h5H,1-3H2,(H3,9,11,12)/b10-6-. The Balaban J connectivity index is 2.56. The largest absolute Gasteiger partial charge is 0.350 e. The fraction of sp³-hybridized carbons (Fsp3) is 0.571. The lowest BCUT2D eigenvalue weighted by Gasteiger charge is -1.99. The highest BCUT2D eigenvalue weighted by atomic mass is 16.2. The molecule has 0 aliphatic heterocycles. The molecule has 0 aromatic carbocycles. The SMILES string of the molecule is N#CC1CCC/C1=N/NC(N)=O. The highest BCUT2D eigenvalue weighted by molar-refractivity contribution is 5.91. The van der Waals surface area contributed by atoms with Gasteiger partial charge in [-0.2, -0.15) is 10.4 Å². The van der Waals surface area contributed by atoms with Crippen molar-refractivity contribution in [2.24, 2.45) is 16.8 Å². The normalized spacial score (nSPS) is 25.2. The van der Waals surface area contributed by atoms with Gasteiger partial charge in [0.05, 0.1) is 17.7 Å². The molecule has 2 amide bonds. The Morgan fingerprint density at radius 3 is 3.17 bits per heavy atom. The van der Waals surface area contributed by atoms with Gasteiger partial charge in [0.1, 0.15) is 0 Å². The van der Waals surface area contributed by atoms with Gasteiger partial charge in [-0.25, -0.2) is 10.2 Å². The van der Waals surface area contributed by atoms with Gasteiger partial charge in [-0.15, -0.1) is 0 Å². The third-order valence-electron chi connectivity index (χ3n) is 1.79. The molecule has 64 valence electrons. The zero-order valence-electron chi connectivity index (χ0n) is 6.58. The van der Waals surface area contributed by atoms with Crippen LogP contribution in [0.3, 0.4) is 0 Å². The first-order valence-electron chi connectivity index (χ1n) is 3.75. The molecule has 1 rings (SSSR count). The summed E-state index contributed by atoms with van der Waals surface area (Å²) in [6, 6.07) is 1.43. The van der Waals surface area contributed by atoms with Crippen LogP contribution in [0, 0.1) is 17.2 Å². The Kier molecular flexibility index (Phi) is 2.64. The molecule has 5 heteroatoms. The monoisotopic (exact) mass is 166 g/mol. The number of urea groups is 1. The number of hydrogen-bond acceptors (Lipinski definition) is 3. The molecule has 1 aliphatic carbocycles. The van der Waals surface area contributed by atoms with Gasteiger partial charge >= 0.3 is 6.03 Å². The van der Waals surface area contributed by atoms with Crippen LogP contribution < -0.4 is 11.2 Å². The highest BCUT2D eigenvalue weighted by Crippen LogP contribution is 2.21. The molecule has 1 unspecified atom stereocenters. The van der Waals surface area contributed by atoms with E-state index in [9.17, 15) is 4.79 Å². The topological polar surface area (TPSA) is 91.3 Å². The molecule has 0 spiro atoms. The van der Waals surface area contributed by atoms with Crippen molar-refractivity contribution in [3.8, 4) is 6.07 Å². The number of nitrogens with zero attached hydrogens (tertiary/aromatic N) is 2. The number of nitrogens with one attached hydrogen (secondary N) is 1. The van der Waals surface area contributed by atoms with Crippen molar-refractivity contribution in [2.75, 3.05) is 0 Å². The summed E-state index contributed by atoms with van der Waals surface area (Å²) < 4.78 is 0. The summed E-state index contributed by atoms with van der Waals surface area (Å²) in [5.41, 5.74) is 7.68. The van der Waals surface area contributed by atoms with Gasteiger partial charge in [0.15, 0.2) is 0 Å². The minimum absolute atomic E-state index is 0.142. The average Bonchev–Trinajstić information content (AvgIpc) is 2.47. The van der Waals surface area contributed by atoms with E-state index in [2.05, 4.69) is 16.6 Å². The van der Waals surface area contributed by atoms with Gasteiger partial charge in [-0.05, 0) is 19.3 Å². The van der Waals surface area contributed by atoms with Crippen molar-refractivity contribution in [1.29, 1.82) is 5.26 Å². The van der Waals surface area contributed by atoms with Crippen LogP contribution in [0.2, 0.25) is 0 Å². The first kappa shape index (κ1) is 8.53. The van der Waals surface area contributed by atoms with E-state index in [1.807, 2.05) is 0 Å². The summed E-state index contributed by atoms with van der Waals surface area (Å²) in [7, 11) is 0. The van der Waals surface area contributed by atoms with E-state index < -0.39 is 6.03 Å². The Bertz CT molecular complexity index is 253. The molecule has 0 heterocycles. The lowest BCUT2D eigenvalue weighted by Crippen LogP contribution is -2.26. The van der Waals surface area contributed by atoms with Crippen molar-refractivity contribution in [2.45, 2.75) is 19.3 Å². The van der Waals surface area contributed by atoms with E-state index in [1.54, 1.807) is 0 Å². The second-order valence-corrected chi connectivity index (χ2v) is 2.65. The second-order valence-electron chi connectivity index (χ2n) is 2.65. The molecule has 0 aromatic heterocycles. The maximum Gasteiger partial charge on any atom is 0.332 e. The molecule has 0 radical (unpaired) electrons. The molecule has 3 N–H and O–H groups in total. The minimum atomic E-state index is -0.689. The summed E-state index contributed by atoms with van der Waals surface area (Å²) in [5, 5.41) is 12.4. The summed E-state index contributed by atoms with van der Waals surface area (Å²) in [6.45, 7) is 0. The molecule has 1 fully saturated rings. The van der Waals surface area contributed by atoms with Crippen molar-refractivity contribution in [1.82, 2.24) is 5.43 Å². The van der Waals surface area contributed by atoms with Crippen LogP contribution in [-0.4, -0.2) is 11.7 Å². The Hall–Kier alpha value is -1.57. The van der Waals surface area contributed by atoms with Crippen LogP contribution in [0.4, 0.5) is 4.79 Å². The van der Waals surface area contributed by atoms with Gasteiger partial charge in [0.2, 0.25) is 0 Å². The number of nitriles is 1. The lowest BCUT2D eigenvalue weighted by atomic mass is 10.1. The van der Waals surface area contributed by atoms with Crippen LogP contribution in [0.15, 0.2) is 5.10 Å². The number of carbonyl (C=O) groups is 1. The van der Waals surface area contributed by atoms with Crippen LogP contribution in [-0.2, 0) is 0 Å². The molecule has 12 heavy (non-hydrogen) atoms. The molecular weight excluding hydrogens is 156 g/mol. The Labute approximate surface area is 70.2 Å². The zero-order chi connectivity index (χ0) is 8.97. The fourth-order valence-electron chi connectivity index (χ4n) is 1.23. The van der Waals surface area contributed by atoms with E-state index in [0.29, 0.717) is 0 Å². The van der Waals surface area contributed by atoms with Gasteiger partial charge in [-0.1, -0.05) is 0 Å². The molecule has 0 aromatic rings. The van der Waals surface area contributed by atoms with Gasteiger partial charge in [-0.3, -0.25) is 0 Å². The van der Waals surface area contributed by atoms with E-state index in [4.69, 9.17) is 11.0 Å². The maximum atomic E-state index is 10.3. The molecule has 5 nitrogen and oxygen atoms in total. The summed E-state index contributed by atoms with van der Waals surface area (Å²) in [5.74, 6) is -0.142. The summed E-state index contributed by atoms with van der Waals surface area (Å²) in [6.07, 6.45) is 2.56. The van der Waals surface area contributed by atoms with Gasteiger partial charge in [0, 0.05) is 0 Å². The predicted molar refractivity (Wildman–Crippen MR) is 43.1 cm³/mol. The fourth-order valence-corrected chi connectivity index (χ4v) is 1.23. The van der Waals surface area contributed by atoms with Crippen molar-refractivity contribution in [3.63, 3.8) is 0 Å². The third-order valence-corrected chi connectivity index (χ3v) is 1.79. The number of hydrogen-bond donors (Lipinski definition) is 2. The molecule has 0 saturated heterocycles.